The average Bonchev–Trinajstić information content (AvgIpc) is 3.80. The number of nitrogens with zero attached hydrogens (tertiary/aromatic N) is 1. The molecule has 1 N–H and O–H groups in total. The van der Waals surface area contributed by atoms with E-state index in [9.17, 15) is 0 Å². The Kier molecular flexibility index (Phi) is 5.82. The molecule has 1 aliphatic rings. The molecule has 42 heavy (non-hydrogen) atoms. The van der Waals surface area contributed by atoms with Crippen LogP contribution in [0.15, 0.2) is 145 Å². The number of benzene rings is 6. The molecule has 6 aromatic carbocycles. The number of aromatic nitrogens is 1. The minimum atomic E-state index is 0.496. The van der Waals surface area contributed by atoms with Crippen LogP contribution < -0.4 is 5.32 Å². The van der Waals surface area contributed by atoms with E-state index < -0.39 is 0 Å². The first-order valence-electron chi connectivity index (χ1n) is 14.0. The lowest BCUT2D eigenvalue weighted by Gasteiger charge is -2.19. The van der Waals surface area contributed by atoms with Crippen LogP contribution in [0.5, 0.6) is 0 Å². The Labute approximate surface area is 243 Å². The van der Waals surface area contributed by atoms with Gasteiger partial charge in [0.15, 0.2) is 13.1 Å². The summed E-state index contributed by atoms with van der Waals surface area (Å²) in [5.74, 6) is 0. The molecular formula is C38H26N2O2. The lowest BCUT2D eigenvalue weighted by atomic mass is 9.84. The second-order valence-electron chi connectivity index (χ2n) is 10.5. The zero-order valence-corrected chi connectivity index (χ0v) is 22.7. The molecule has 2 heterocycles. The standard InChI is InChI=1S/C38H26N2O2/c1-2-8-25(9-3-1)26-16-17-33-34(20-26)38(30-13-7-11-28(19-30)36-22-42-24-40-36)32-15-5-4-14-31(32)37(33)29-12-6-10-27(18-29)35-21-41-23-39-35/h1-22,24,39H,23H2. The summed E-state index contributed by atoms with van der Waals surface area (Å²) >= 11 is 0. The van der Waals surface area contributed by atoms with E-state index >= 15 is 0 Å². The number of oxazole rings is 1. The first-order chi connectivity index (χ1) is 20.8. The zero-order valence-electron chi connectivity index (χ0n) is 22.7. The van der Waals surface area contributed by atoms with E-state index in [-0.39, 0.29) is 0 Å². The topological polar surface area (TPSA) is 47.3 Å². The Morgan fingerprint density at radius 3 is 1.88 bits per heavy atom. The van der Waals surface area contributed by atoms with Crippen LogP contribution in [0.1, 0.15) is 5.56 Å². The van der Waals surface area contributed by atoms with Gasteiger partial charge in [-0.05, 0) is 73.1 Å². The van der Waals surface area contributed by atoms with Crippen LogP contribution in [0.25, 0.3) is 71.9 Å². The van der Waals surface area contributed by atoms with Gasteiger partial charge >= 0.3 is 0 Å². The van der Waals surface area contributed by atoms with Gasteiger partial charge in [-0.2, -0.15) is 0 Å². The third-order valence-corrected chi connectivity index (χ3v) is 8.02. The number of ether oxygens (including phenoxy) is 1. The summed E-state index contributed by atoms with van der Waals surface area (Å²) in [4.78, 5) is 4.41. The van der Waals surface area contributed by atoms with Gasteiger partial charge < -0.3 is 14.5 Å². The molecule has 200 valence electrons. The molecule has 1 aliphatic heterocycles. The third kappa shape index (κ3) is 4.13. The van der Waals surface area contributed by atoms with E-state index in [0.29, 0.717) is 6.73 Å². The van der Waals surface area contributed by atoms with Gasteiger partial charge in [-0.3, -0.25) is 0 Å². The lowest BCUT2D eigenvalue weighted by molar-refractivity contribution is 0.267. The normalized spacial score (nSPS) is 12.7. The number of hydrogen-bond acceptors (Lipinski definition) is 4. The maximum atomic E-state index is 5.47. The molecule has 1 aromatic heterocycles. The van der Waals surface area contributed by atoms with Crippen molar-refractivity contribution in [2.24, 2.45) is 0 Å². The van der Waals surface area contributed by atoms with Crippen LogP contribution in [0.2, 0.25) is 0 Å². The highest BCUT2D eigenvalue weighted by atomic mass is 16.5. The molecule has 7 aromatic rings. The Bertz CT molecular complexity index is 2110. The molecule has 4 nitrogen and oxygen atoms in total. The van der Waals surface area contributed by atoms with E-state index in [0.717, 1.165) is 28.1 Å². The van der Waals surface area contributed by atoms with Gasteiger partial charge in [0.05, 0.1) is 5.70 Å². The largest absolute Gasteiger partial charge is 0.479 e. The fourth-order valence-electron chi connectivity index (χ4n) is 6.10. The Balaban J connectivity index is 1.45. The molecule has 0 saturated carbocycles. The highest BCUT2D eigenvalue weighted by Crippen LogP contribution is 2.45. The van der Waals surface area contributed by atoms with Gasteiger partial charge in [0, 0.05) is 11.1 Å². The highest BCUT2D eigenvalue weighted by Gasteiger charge is 2.19. The minimum Gasteiger partial charge on any atom is -0.479 e. The first kappa shape index (κ1) is 24.2. The van der Waals surface area contributed by atoms with Crippen molar-refractivity contribution < 1.29 is 9.15 Å². The fraction of sp³-hybridized carbons (Fsp3) is 0.0263. The van der Waals surface area contributed by atoms with Crippen molar-refractivity contribution in [1.29, 1.82) is 0 Å². The van der Waals surface area contributed by atoms with Gasteiger partial charge in [0.1, 0.15) is 18.2 Å². The Hall–Kier alpha value is -5.61. The monoisotopic (exact) mass is 542 g/mol. The SMILES string of the molecule is C1=C(c2cccc(-c3c4ccccc4c(-c4cccc(-c5cocn5)c4)c4cc(-c5ccccc5)ccc34)c2)NCO1. The summed E-state index contributed by atoms with van der Waals surface area (Å²) in [7, 11) is 0. The molecular weight excluding hydrogens is 516 g/mol. The van der Waals surface area contributed by atoms with Gasteiger partial charge in [-0.25, -0.2) is 4.98 Å². The molecule has 0 amide bonds. The number of rotatable bonds is 5. The molecule has 0 saturated heterocycles. The van der Waals surface area contributed by atoms with Crippen molar-refractivity contribution in [3.63, 3.8) is 0 Å². The molecule has 0 spiro atoms. The molecule has 0 radical (unpaired) electrons. The summed E-state index contributed by atoms with van der Waals surface area (Å²) in [6.07, 6.45) is 4.97. The zero-order chi connectivity index (χ0) is 27.9. The molecule has 0 bridgehead atoms. The molecule has 0 atom stereocenters. The molecule has 4 heteroatoms. The Morgan fingerprint density at radius 2 is 1.17 bits per heavy atom. The van der Waals surface area contributed by atoms with Crippen molar-refractivity contribution in [1.82, 2.24) is 10.3 Å². The summed E-state index contributed by atoms with van der Waals surface area (Å²) in [6, 6.07) is 43.5. The van der Waals surface area contributed by atoms with Crippen LogP contribution in [0.3, 0.4) is 0 Å². The van der Waals surface area contributed by atoms with E-state index in [1.807, 2.05) is 0 Å². The molecule has 8 rings (SSSR count). The summed E-state index contributed by atoms with van der Waals surface area (Å²) in [5.41, 5.74) is 11.1. The summed E-state index contributed by atoms with van der Waals surface area (Å²) in [5, 5.41) is 8.15. The quantitative estimate of drug-likeness (QED) is 0.220. The van der Waals surface area contributed by atoms with Crippen molar-refractivity contribution in [2.75, 3.05) is 6.73 Å². The van der Waals surface area contributed by atoms with Crippen LogP contribution in [0.4, 0.5) is 0 Å². The summed E-state index contributed by atoms with van der Waals surface area (Å²) < 4.78 is 10.8. The second kappa shape index (κ2) is 10.1. The van der Waals surface area contributed by atoms with Crippen molar-refractivity contribution >= 4 is 27.2 Å². The number of fused-ring (bicyclic) bond motifs is 2. The first-order valence-corrected chi connectivity index (χ1v) is 14.0. The second-order valence-corrected chi connectivity index (χ2v) is 10.5. The predicted molar refractivity (Wildman–Crippen MR) is 170 cm³/mol. The van der Waals surface area contributed by atoms with Crippen LogP contribution in [0, 0.1) is 0 Å². The Morgan fingerprint density at radius 1 is 0.524 bits per heavy atom. The van der Waals surface area contributed by atoms with Crippen molar-refractivity contribution in [2.45, 2.75) is 0 Å². The molecule has 0 aliphatic carbocycles. The average molecular weight is 543 g/mol. The van der Waals surface area contributed by atoms with E-state index in [2.05, 4.69) is 132 Å². The van der Waals surface area contributed by atoms with Gasteiger partial charge in [-0.15, -0.1) is 0 Å². The highest BCUT2D eigenvalue weighted by molar-refractivity contribution is 6.22. The smallest absolute Gasteiger partial charge is 0.181 e. The van der Waals surface area contributed by atoms with Crippen LogP contribution >= 0.6 is 0 Å². The van der Waals surface area contributed by atoms with Crippen molar-refractivity contribution in [3.05, 3.63) is 146 Å². The number of nitrogens with one attached hydrogen (secondary N) is 1. The summed E-state index contributed by atoms with van der Waals surface area (Å²) in [6.45, 7) is 0.496. The maximum absolute atomic E-state index is 5.47. The third-order valence-electron chi connectivity index (χ3n) is 8.02. The fourth-order valence-corrected chi connectivity index (χ4v) is 6.10. The van der Waals surface area contributed by atoms with E-state index in [1.165, 1.54) is 55.8 Å². The van der Waals surface area contributed by atoms with Gasteiger partial charge in [0.2, 0.25) is 0 Å². The van der Waals surface area contributed by atoms with Crippen LogP contribution in [-0.2, 0) is 4.74 Å². The van der Waals surface area contributed by atoms with E-state index in [4.69, 9.17) is 9.15 Å². The van der Waals surface area contributed by atoms with Crippen molar-refractivity contribution in [3.8, 4) is 44.6 Å². The van der Waals surface area contributed by atoms with E-state index in [1.54, 1.807) is 12.5 Å². The van der Waals surface area contributed by atoms with Gasteiger partial charge in [0.25, 0.3) is 0 Å². The van der Waals surface area contributed by atoms with Crippen LogP contribution in [-0.4, -0.2) is 11.7 Å². The molecule has 0 unspecified atom stereocenters. The maximum Gasteiger partial charge on any atom is 0.181 e. The molecule has 0 fully saturated rings. The lowest BCUT2D eigenvalue weighted by Crippen LogP contribution is -2.06. The number of hydrogen-bond donors (Lipinski definition) is 1. The van der Waals surface area contributed by atoms with Gasteiger partial charge in [-0.1, -0.05) is 103 Å². The predicted octanol–water partition coefficient (Wildman–Crippen LogP) is 9.52. The minimum absolute atomic E-state index is 0.496.